The van der Waals surface area contributed by atoms with E-state index in [1.165, 1.54) is 4.80 Å². The van der Waals surface area contributed by atoms with Crippen LogP contribution in [0.5, 0.6) is 5.75 Å². The summed E-state index contributed by atoms with van der Waals surface area (Å²) < 4.78 is 5.92. The lowest BCUT2D eigenvalue weighted by molar-refractivity contribution is 0.103. The molecule has 0 saturated heterocycles. The van der Waals surface area contributed by atoms with E-state index >= 15 is 0 Å². The van der Waals surface area contributed by atoms with Gasteiger partial charge in [0.15, 0.2) is 5.78 Å². The summed E-state index contributed by atoms with van der Waals surface area (Å²) >= 11 is 3.41. The number of hydrogen-bond acceptors (Lipinski definition) is 6. The van der Waals surface area contributed by atoms with Gasteiger partial charge in [-0.3, -0.25) is 4.79 Å². The van der Waals surface area contributed by atoms with Crippen LogP contribution in [0.2, 0.25) is 0 Å². The number of hydrogen-bond donors (Lipinski definition) is 2. The molecular weight excluding hydrogens is 402 g/mol. The molecule has 0 bridgehead atoms. The fourth-order valence-electron chi connectivity index (χ4n) is 2.79. The van der Waals surface area contributed by atoms with Gasteiger partial charge in [0.2, 0.25) is 5.82 Å². The molecular formula is C17H18BrN5O3. The number of methoxy groups -OCH3 is 1. The van der Waals surface area contributed by atoms with Crippen LogP contribution >= 0.6 is 15.9 Å². The average molecular weight is 420 g/mol. The molecule has 0 spiro atoms. The molecule has 0 amide bonds. The van der Waals surface area contributed by atoms with Gasteiger partial charge >= 0.3 is 0 Å². The van der Waals surface area contributed by atoms with Gasteiger partial charge in [-0.1, -0.05) is 0 Å². The first kappa shape index (κ1) is 18.3. The zero-order chi connectivity index (χ0) is 18.8. The van der Waals surface area contributed by atoms with Crippen LogP contribution < -0.4 is 4.74 Å². The minimum absolute atomic E-state index is 0.0748. The van der Waals surface area contributed by atoms with Crippen molar-refractivity contribution in [1.29, 1.82) is 0 Å². The van der Waals surface area contributed by atoms with Crippen LogP contribution in [0, 0.1) is 13.8 Å². The minimum atomic E-state index is -0.103. The molecule has 136 valence electrons. The van der Waals surface area contributed by atoms with Crippen molar-refractivity contribution in [2.75, 3.05) is 13.7 Å². The zero-order valence-electron chi connectivity index (χ0n) is 14.6. The third-order valence-electron chi connectivity index (χ3n) is 4.05. The molecule has 0 aliphatic heterocycles. The molecule has 2 N–H and O–H groups in total. The molecule has 2 heterocycles. The Morgan fingerprint density at radius 2 is 2.15 bits per heavy atom. The number of aromatic nitrogens is 5. The first-order valence-corrected chi connectivity index (χ1v) is 8.72. The molecule has 0 aliphatic carbocycles. The number of halogens is 1. The predicted molar refractivity (Wildman–Crippen MR) is 98.3 cm³/mol. The Kier molecular flexibility index (Phi) is 5.19. The molecule has 3 rings (SSSR count). The highest BCUT2D eigenvalue weighted by molar-refractivity contribution is 9.10. The second kappa shape index (κ2) is 7.38. The predicted octanol–water partition coefficient (Wildman–Crippen LogP) is 2.28. The van der Waals surface area contributed by atoms with Crippen LogP contribution in [-0.2, 0) is 6.54 Å². The van der Waals surface area contributed by atoms with Crippen molar-refractivity contribution in [1.82, 2.24) is 25.2 Å². The van der Waals surface area contributed by atoms with E-state index in [1.807, 2.05) is 13.8 Å². The number of ketones is 1. The molecule has 0 aliphatic rings. The third kappa shape index (κ3) is 3.27. The minimum Gasteiger partial charge on any atom is -0.496 e. The lowest BCUT2D eigenvalue weighted by atomic mass is 9.99. The van der Waals surface area contributed by atoms with E-state index in [-0.39, 0.29) is 18.9 Å². The van der Waals surface area contributed by atoms with Gasteiger partial charge in [-0.25, -0.2) is 0 Å². The van der Waals surface area contributed by atoms with Crippen molar-refractivity contribution >= 4 is 21.7 Å². The molecule has 0 radical (unpaired) electrons. The number of aliphatic hydroxyl groups is 1. The number of H-pyrrole nitrogens is 1. The Balaban J connectivity index is 1.99. The van der Waals surface area contributed by atoms with E-state index < -0.39 is 0 Å². The van der Waals surface area contributed by atoms with E-state index in [0.717, 1.165) is 11.3 Å². The summed E-state index contributed by atoms with van der Waals surface area (Å²) in [6, 6.07) is 5.22. The van der Waals surface area contributed by atoms with E-state index in [2.05, 4.69) is 36.3 Å². The molecule has 2 aromatic heterocycles. The summed E-state index contributed by atoms with van der Waals surface area (Å²) in [5.41, 5.74) is 3.25. The molecule has 1 aromatic carbocycles. The van der Waals surface area contributed by atoms with Gasteiger partial charge in [0.05, 0.1) is 30.4 Å². The monoisotopic (exact) mass is 419 g/mol. The summed E-state index contributed by atoms with van der Waals surface area (Å²) in [6.45, 7) is 3.86. The smallest absolute Gasteiger partial charge is 0.221 e. The largest absolute Gasteiger partial charge is 0.496 e. The Labute approximate surface area is 158 Å². The summed E-state index contributed by atoms with van der Waals surface area (Å²) in [7, 11) is 1.57. The summed E-state index contributed by atoms with van der Waals surface area (Å²) in [6.07, 6.45) is 0. The highest BCUT2D eigenvalue weighted by atomic mass is 79.9. The van der Waals surface area contributed by atoms with Crippen LogP contribution in [0.1, 0.15) is 27.2 Å². The van der Waals surface area contributed by atoms with Crippen molar-refractivity contribution in [2.24, 2.45) is 0 Å². The molecule has 0 fully saturated rings. The lowest BCUT2D eigenvalue weighted by Crippen LogP contribution is -2.05. The van der Waals surface area contributed by atoms with Gasteiger partial charge in [0.1, 0.15) is 5.75 Å². The number of aliphatic hydroxyl groups excluding tert-OH is 1. The molecule has 0 atom stereocenters. The molecule has 3 aromatic rings. The Morgan fingerprint density at radius 1 is 1.38 bits per heavy atom. The molecule has 8 nitrogen and oxygen atoms in total. The number of ether oxygens (including phenoxy) is 1. The van der Waals surface area contributed by atoms with Crippen molar-refractivity contribution in [3.63, 3.8) is 0 Å². The summed E-state index contributed by atoms with van der Waals surface area (Å²) in [5, 5.41) is 21.1. The highest BCUT2D eigenvalue weighted by Crippen LogP contribution is 2.30. The quantitative estimate of drug-likeness (QED) is 0.593. The van der Waals surface area contributed by atoms with Crippen LogP contribution in [-0.4, -0.2) is 49.8 Å². The molecule has 9 heteroatoms. The van der Waals surface area contributed by atoms with E-state index in [0.29, 0.717) is 32.9 Å². The fraction of sp³-hybridized carbons (Fsp3) is 0.294. The van der Waals surface area contributed by atoms with Crippen molar-refractivity contribution in [3.8, 4) is 17.3 Å². The number of tetrazole rings is 1. The van der Waals surface area contributed by atoms with Gasteiger partial charge in [-0.05, 0) is 58.8 Å². The maximum absolute atomic E-state index is 13.0. The van der Waals surface area contributed by atoms with E-state index in [9.17, 15) is 4.79 Å². The highest BCUT2D eigenvalue weighted by Gasteiger charge is 2.23. The molecule has 0 unspecified atom stereocenters. The lowest BCUT2D eigenvalue weighted by Gasteiger charge is -2.06. The Bertz CT molecular complexity index is 963. The number of benzene rings is 1. The normalized spacial score (nSPS) is 11.0. The molecule has 0 saturated carbocycles. The number of aromatic amines is 1. The van der Waals surface area contributed by atoms with Crippen molar-refractivity contribution in [2.45, 2.75) is 20.4 Å². The van der Waals surface area contributed by atoms with Gasteiger partial charge < -0.3 is 14.8 Å². The van der Waals surface area contributed by atoms with Crippen LogP contribution in [0.25, 0.3) is 11.5 Å². The van der Waals surface area contributed by atoms with Gasteiger partial charge in [-0.15, -0.1) is 10.2 Å². The summed E-state index contributed by atoms with van der Waals surface area (Å²) in [4.78, 5) is 17.5. The maximum atomic E-state index is 13.0. The number of carbonyl (C=O) groups is 1. The average Bonchev–Trinajstić information content (AvgIpc) is 3.19. The number of nitrogens with one attached hydrogen (secondary N) is 1. The number of rotatable bonds is 6. The fourth-order valence-corrected chi connectivity index (χ4v) is 3.33. The number of aryl methyl sites for hydroxylation is 1. The second-order valence-corrected chi connectivity index (χ2v) is 6.59. The van der Waals surface area contributed by atoms with Crippen LogP contribution in [0.15, 0.2) is 22.7 Å². The maximum Gasteiger partial charge on any atom is 0.221 e. The second-order valence-electron chi connectivity index (χ2n) is 5.74. The van der Waals surface area contributed by atoms with Crippen molar-refractivity contribution in [3.05, 3.63) is 45.1 Å². The Morgan fingerprint density at radius 3 is 2.81 bits per heavy atom. The van der Waals surface area contributed by atoms with Crippen LogP contribution in [0.3, 0.4) is 0 Å². The zero-order valence-corrected chi connectivity index (χ0v) is 16.2. The summed E-state index contributed by atoms with van der Waals surface area (Å²) in [5.74, 6) is 0.942. The molecule has 26 heavy (non-hydrogen) atoms. The third-order valence-corrected chi connectivity index (χ3v) is 4.67. The Hall–Kier alpha value is -2.52. The van der Waals surface area contributed by atoms with Gasteiger partial charge in [0.25, 0.3) is 0 Å². The van der Waals surface area contributed by atoms with E-state index in [1.54, 1.807) is 25.3 Å². The number of carbonyl (C=O) groups excluding carboxylic acids is 1. The van der Waals surface area contributed by atoms with Crippen LogP contribution in [0.4, 0.5) is 0 Å². The van der Waals surface area contributed by atoms with Gasteiger partial charge in [0, 0.05) is 16.8 Å². The SMILES string of the molecule is COc1ccc(C(=O)c2c(C)[nH]c(-c3nnn(CCO)n3)c2C)cc1Br. The van der Waals surface area contributed by atoms with E-state index in [4.69, 9.17) is 9.84 Å². The topological polar surface area (TPSA) is 106 Å². The van der Waals surface area contributed by atoms with Gasteiger partial charge in [-0.2, -0.15) is 4.80 Å². The van der Waals surface area contributed by atoms with Crippen molar-refractivity contribution < 1.29 is 14.6 Å². The standard InChI is InChI=1S/C17H18BrN5O3/c1-9-14(16(25)11-4-5-13(26-3)12(18)8-11)10(2)19-15(9)17-20-22-23(21-17)6-7-24/h4-5,8,19,24H,6-7H2,1-3H3. The first-order valence-electron chi connectivity index (χ1n) is 7.92. The number of nitrogens with zero attached hydrogens (tertiary/aromatic N) is 4. The first-order chi connectivity index (χ1) is 12.5.